The predicted octanol–water partition coefficient (Wildman–Crippen LogP) is 0.749. The summed E-state index contributed by atoms with van der Waals surface area (Å²) in [6, 6.07) is 0. The minimum atomic E-state index is -1.10. The molecule has 0 aliphatic carbocycles. The van der Waals surface area contributed by atoms with Crippen molar-refractivity contribution in [3.8, 4) is 0 Å². The van der Waals surface area contributed by atoms with E-state index in [1.807, 2.05) is 13.8 Å². The Morgan fingerprint density at radius 3 is 2.53 bits per heavy atom. The van der Waals surface area contributed by atoms with Crippen molar-refractivity contribution in [3.05, 3.63) is 18.1 Å². The van der Waals surface area contributed by atoms with E-state index in [4.69, 9.17) is 5.11 Å². The van der Waals surface area contributed by atoms with Crippen molar-refractivity contribution in [2.24, 2.45) is 5.92 Å². The number of amides is 1. The van der Waals surface area contributed by atoms with E-state index in [2.05, 4.69) is 20.6 Å². The number of aromatic carboxylic acids is 1. The van der Waals surface area contributed by atoms with Crippen molar-refractivity contribution in [1.29, 1.82) is 0 Å². The topological polar surface area (TPSA) is 104 Å². The quantitative estimate of drug-likeness (QED) is 0.629. The lowest BCUT2D eigenvalue weighted by Gasteiger charge is -2.08. The lowest BCUT2D eigenvalue weighted by atomic mass is 10.2. The summed E-state index contributed by atoms with van der Waals surface area (Å²) in [5.41, 5.74) is -0.0882. The lowest BCUT2D eigenvalue weighted by molar-refractivity contribution is -0.123. The maximum absolute atomic E-state index is 11.3. The summed E-state index contributed by atoms with van der Waals surface area (Å²) in [5, 5.41) is 14.5. The number of rotatable bonds is 7. The Labute approximate surface area is 111 Å². The second-order valence-corrected chi connectivity index (χ2v) is 4.32. The molecule has 1 amide bonds. The first kappa shape index (κ1) is 14.9. The molecule has 104 valence electrons. The molecule has 1 rings (SSSR count). The Morgan fingerprint density at radius 2 is 2.00 bits per heavy atom. The van der Waals surface area contributed by atoms with Crippen molar-refractivity contribution in [3.63, 3.8) is 0 Å². The third kappa shape index (κ3) is 5.33. The highest BCUT2D eigenvalue weighted by Gasteiger charge is 2.05. The first-order chi connectivity index (χ1) is 9.00. The van der Waals surface area contributed by atoms with Gasteiger partial charge in [0.2, 0.25) is 5.91 Å². The number of carbonyl (C=O) groups excluding carboxylic acids is 1. The van der Waals surface area contributed by atoms with Gasteiger partial charge >= 0.3 is 5.97 Å². The average Bonchev–Trinajstić information content (AvgIpc) is 2.38. The van der Waals surface area contributed by atoms with E-state index in [9.17, 15) is 9.59 Å². The number of carboxylic acids is 1. The summed E-state index contributed by atoms with van der Waals surface area (Å²) in [6.07, 6.45) is 3.32. The SMILES string of the molecule is CC(C)C(=O)NCCCNc1cnc(C(=O)O)cn1. The van der Waals surface area contributed by atoms with Crippen LogP contribution in [0.3, 0.4) is 0 Å². The van der Waals surface area contributed by atoms with Gasteiger partial charge in [-0.2, -0.15) is 0 Å². The van der Waals surface area contributed by atoms with Gasteiger partial charge in [-0.1, -0.05) is 13.8 Å². The van der Waals surface area contributed by atoms with Crippen LogP contribution >= 0.6 is 0 Å². The number of carbonyl (C=O) groups is 2. The Balaban J connectivity index is 2.22. The molecular formula is C12H18N4O3. The van der Waals surface area contributed by atoms with Crippen molar-refractivity contribution >= 4 is 17.7 Å². The van der Waals surface area contributed by atoms with Crippen molar-refractivity contribution in [2.45, 2.75) is 20.3 Å². The molecule has 0 aliphatic heterocycles. The zero-order valence-corrected chi connectivity index (χ0v) is 11.0. The van der Waals surface area contributed by atoms with E-state index >= 15 is 0 Å². The van der Waals surface area contributed by atoms with E-state index in [1.54, 1.807) is 0 Å². The van der Waals surface area contributed by atoms with Crippen molar-refractivity contribution in [2.75, 3.05) is 18.4 Å². The van der Waals surface area contributed by atoms with Crippen molar-refractivity contribution < 1.29 is 14.7 Å². The first-order valence-corrected chi connectivity index (χ1v) is 6.07. The molecule has 1 aromatic rings. The normalized spacial score (nSPS) is 10.3. The minimum Gasteiger partial charge on any atom is -0.476 e. The van der Waals surface area contributed by atoms with Gasteiger partial charge in [-0.3, -0.25) is 4.79 Å². The fourth-order valence-corrected chi connectivity index (χ4v) is 1.25. The van der Waals surface area contributed by atoms with Gasteiger partial charge in [-0.15, -0.1) is 0 Å². The zero-order valence-electron chi connectivity index (χ0n) is 11.0. The Morgan fingerprint density at radius 1 is 1.26 bits per heavy atom. The summed E-state index contributed by atoms with van der Waals surface area (Å²) in [6.45, 7) is 4.89. The minimum absolute atomic E-state index is 0.0117. The van der Waals surface area contributed by atoms with E-state index < -0.39 is 5.97 Å². The number of hydrogen-bond acceptors (Lipinski definition) is 5. The number of anilines is 1. The standard InChI is InChI=1S/C12H18N4O3/c1-8(2)11(17)14-5-3-4-13-10-7-15-9(6-16-10)12(18)19/h6-8H,3-5H2,1-2H3,(H,13,16)(H,14,17)(H,18,19). The van der Waals surface area contributed by atoms with Crippen LogP contribution in [-0.2, 0) is 4.79 Å². The number of hydrogen-bond donors (Lipinski definition) is 3. The van der Waals surface area contributed by atoms with Gasteiger partial charge in [0.25, 0.3) is 0 Å². The van der Waals surface area contributed by atoms with Gasteiger partial charge in [0.05, 0.1) is 12.4 Å². The molecular weight excluding hydrogens is 248 g/mol. The third-order valence-electron chi connectivity index (χ3n) is 2.35. The molecule has 0 atom stereocenters. The van der Waals surface area contributed by atoms with Crippen LogP contribution in [0.15, 0.2) is 12.4 Å². The molecule has 19 heavy (non-hydrogen) atoms. The summed E-state index contributed by atoms with van der Waals surface area (Å²) in [4.78, 5) is 29.5. The lowest BCUT2D eigenvalue weighted by Crippen LogP contribution is -2.29. The van der Waals surface area contributed by atoms with Crippen molar-refractivity contribution in [1.82, 2.24) is 15.3 Å². The zero-order chi connectivity index (χ0) is 14.3. The van der Waals surface area contributed by atoms with Crippen LogP contribution < -0.4 is 10.6 Å². The molecule has 0 fully saturated rings. The molecule has 0 bridgehead atoms. The summed E-state index contributed by atoms with van der Waals surface area (Å²) in [5.74, 6) is -0.566. The van der Waals surface area contributed by atoms with Crippen LogP contribution in [0.4, 0.5) is 5.82 Å². The second kappa shape index (κ2) is 7.30. The highest BCUT2D eigenvalue weighted by atomic mass is 16.4. The third-order valence-corrected chi connectivity index (χ3v) is 2.35. The highest BCUT2D eigenvalue weighted by Crippen LogP contribution is 2.00. The molecule has 0 spiro atoms. The maximum Gasteiger partial charge on any atom is 0.356 e. The Bertz CT molecular complexity index is 431. The van der Waals surface area contributed by atoms with E-state index in [0.717, 1.165) is 6.42 Å². The van der Waals surface area contributed by atoms with E-state index in [0.29, 0.717) is 18.9 Å². The number of nitrogens with one attached hydrogen (secondary N) is 2. The van der Waals surface area contributed by atoms with Crippen LogP contribution in [0.25, 0.3) is 0 Å². The number of nitrogens with zero attached hydrogens (tertiary/aromatic N) is 2. The van der Waals surface area contributed by atoms with Crippen LogP contribution in [0.1, 0.15) is 30.8 Å². The molecule has 1 aromatic heterocycles. The summed E-state index contributed by atoms with van der Waals surface area (Å²) >= 11 is 0. The van der Waals surface area contributed by atoms with Gasteiger partial charge in [0.1, 0.15) is 5.82 Å². The average molecular weight is 266 g/mol. The van der Waals surface area contributed by atoms with Crippen LogP contribution in [0, 0.1) is 5.92 Å². The van der Waals surface area contributed by atoms with Gasteiger partial charge in [-0.25, -0.2) is 14.8 Å². The van der Waals surface area contributed by atoms with Gasteiger partial charge in [-0.05, 0) is 6.42 Å². The predicted molar refractivity (Wildman–Crippen MR) is 69.9 cm³/mol. The van der Waals surface area contributed by atoms with Crippen LogP contribution in [0.2, 0.25) is 0 Å². The molecule has 0 saturated carbocycles. The van der Waals surface area contributed by atoms with Gasteiger partial charge in [0, 0.05) is 19.0 Å². The first-order valence-electron chi connectivity index (χ1n) is 6.07. The maximum atomic E-state index is 11.3. The monoisotopic (exact) mass is 266 g/mol. The fraction of sp³-hybridized carbons (Fsp3) is 0.500. The fourth-order valence-electron chi connectivity index (χ4n) is 1.25. The van der Waals surface area contributed by atoms with Crippen LogP contribution in [-0.4, -0.2) is 40.0 Å². The number of carboxylic acid groups (broad SMARTS) is 1. The molecule has 7 nitrogen and oxygen atoms in total. The smallest absolute Gasteiger partial charge is 0.356 e. The molecule has 3 N–H and O–H groups in total. The molecule has 0 unspecified atom stereocenters. The largest absolute Gasteiger partial charge is 0.476 e. The second-order valence-electron chi connectivity index (χ2n) is 4.32. The molecule has 0 aliphatic rings. The van der Waals surface area contributed by atoms with Gasteiger partial charge < -0.3 is 15.7 Å². The molecule has 1 heterocycles. The van der Waals surface area contributed by atoms with E-state index in [-0.39, 0.29) is 17.5 Å². The molecule has 7 heteroatoms. The van der Waals surface area contributed by atoms with Gasteiger partial charge in [0.15, 0.2) is 5.69 Å². The molecule has 0 aromatic carbocycles. The van der Waals surface area contributed by atoms with E-state index in [1.165, 1.54) is 12.4 Å². The molecule has 0 radical (unpaired) electrons. The highest BCUT2D eigenvalue weighted by molar-refractivity contribution is 5.84. The number of aromatic nitrogens is 2. The summed E-state index contributed by atoms with van der Waals surface area (Å²) in [7, 11) is 0. The molecule has 0 saturated heterocycles. The van der Waals surface area contributed by atoms with Crippen LogP contribution in [0.5, 0.6) is 0 Å². The summed E-state index contributed by atoms with van der Waals surface area (Å²) < 4.78 is 0. The Kier molecular flexibility index (Phi) is 5.72. The Hall–Kier alpha value is -2.18.